The number of aromatic nitrogens is 1. The number of benzene rings is 2. The Kier molecular flexibility index (Phi) is 5.61. The van der Waals surface area contributed by atoms with Crippen LogP contribution in [-0.4, -0.2) is 21.5 Å². The van der Waals surface area contributed by atoms with E-state index in [1.54, 1.807) is 17.7 Å². The largest absolute Gasteiger partial charge is 0.493 e. The number of aryl methyl sites for hydroxylation is 1. The lowest BCUT2D eigenvalue weighted by Crippen LogP contribution is -2.22. The van der Waals surface area contributed by atoms with Crippen LogP contribution in [0.5, 0.6) is 5.88 Å². The van der Waals surface area contributed by atoms with Crippen molar-refractivity contribution < 1.29 is 14.7 Å². The Morgan fingerprint density at radius 3 is 2.52 bits per heavy atom. The van der Waals surface area contributed by atoms with Crippen LogP contribution in [0.25, 0.3) is 10.9 Å². The molecule has 3 rings (SSSR count). The molecule has 7 heteroatoms. The van der Waals surface area contributed by atoms with Gasteiger partial charge in [0.2, 0.25) is 11.8 Å². The van der Waals surface area contributed by atoms with Crippen molar-refractivity contribution in [3.8, 4) is 5.88 Å². The highest BCUT2D eigenvalue weighted by molar-refractivity contribution is 5.95. The number of amides is 2. The SMILES string of the molecule is Cn1c(O)c(N=NC(=O)CCC(=O)NCc2ccccc2)c2ccccc21. The van der Waals surface area contributed by atoms with Gasteiger partial charge in [-0.05, 0) is 11.6 Å². The van der Waals surface area contributed by atoms with E-state index in [2.05, 4.69) is 15.5 Å². The van der Waals surface area contributed by atoms with E-state index >= 15 is 0 Å². The Morgan fingerprint density at radius 1 is 1.04 bits per heavy atom. The molecular weight excluding hydrogens is 344 g/mol. The number of hydrogen-bond donors (Lipinski definition) is 2. The summed E-state index contributed by atoms with van der Waals surface area (Å²) in [5.41, 5.74) is 2.02. The maximum absolute atomic E-state index is 11.9. The molecule has 0 atom stereocenters. The number of azo groups is 1. The van der Waals surface area contributed by atoms with Crippen LogP contribution in [-0.2, 0) is 23.2 Å². The van der Waals surface area contributed by atoms with Crippen molar-refractivity contribution in [1.82, 2.24) is 9.88 Å². The molecule has 138 valence electrons. The third-order valence-corrected chi connectivity index (χ3v) is 4.21. The summed E-state index contributed by atoms with van der Waals surface area (Å²) in [6.45, 7) is 0.416. The highest BCUT2D eigenvalue weighted by atomic mass is 16.3. The first-order valence-corrected chi connectivity index (χ1v) is 8.58. The summed E-state index contributed by atoms with van der Waals surface area (Å²) >= 11 is 0. The number of hydrogen-bond acceptors (Lipinski definition) is 4. The van der Waals surface area contributed by atoms with E-state index in [0.29, 0.717) is 11.9 Å². The lowest BCUT2D eigenvalue weighted by atomic mass is 10.2. The molecule has 0 bridgehead atoms. The molecule has 0 aliphatic rings. The van der Waals surface area contributed by atoms with Gasteiger partial charge >= 0.3 is 0 Å². The zero-order valence-electron chi connectivity index (χ0n) is 14.9. The summed E-state index contributed by atoms with van der Waals surface area (Å²) < 4.78 is 1.57. The highest BCUT2D eigenvalue weighted by Crippen LogP contribution is 2.37. The summed E-state index contributed by atoms with van der Waals surface area (Å²) in [6.07, 6.45) is -0.0120. The van der Waals surface area contributed by atoms with Gasteiger partial charge in [-0.3, -0.25) is 9.59 Å². The van der Waals surface area contributed by atoms with Crippen LogP contribution in [0.2, 0.25) is 0 Å². The molecule has 0 unspecified atom stereocenters. The average Bonchev–Trinajstić information content (AvgIpc) is 2.94. The molecule has 0 saturated carbocycles. The van der Waals surface area contributed by atoms with Crippen LogP contribution in [0.3, 0.4) is 0 Å². The lowest BCUT2D eigenvalue weighted by molar-refractivity contribution is -0.125. The molecule has 2 amide bonds. The Balaban J connectivity index is 1.55. The fourth-order valence-corrected chi connectivity index (χ4v) is 2.72. The van der Waals surface area contributed by atoms with E-state index in [0.717, 1.165) is 11.1 Å². The van der Waals surface area contributed by atoms with Gasteiger partial charge in [-0.25, -0.2) is 0 Å². The third-order valence-electron chi connectivity index (χ3n) is 4.21. The maximum atomic E-state index is 11.9. The number of rotatable bonds is 6. The summed E-state index contributed by atoms with van der Waals surface area (Å²) in [4.78, 5) is 23.8. The van der Waals surface area contributed by atoms with Gasteiger partial charge < -0.3 is 15.0 Å². The third kappa shape index (κ3) is 4.38. The zero-order chi connectivity index (χ0) is 19.2. The van der Waals surface area contributed by atoms with Crippen molar-refractivity contribution in [2.75, 3.05) is 0 Å². The number of fused-ring (bicyclic) bond motifs is 1. The number of carbonyl (C=O) groups excluding carboxylic acids is 2. The van der Waals surface area contributed by atoms with Crippen LogP contribution >= 0.6 is 0 Å². The van der Waals surface area contributed by atoms with Crippen LogP contribution in [0, 0.1) is 0 Å². The standard InChI is InChI=1S/C20H20N4O3/c1-24-16-10-6-5-9-15(16)19(20(24)27)23-22-18(26)12-11-17(25)21-13-14-7-3-2-4-8-14/h2-10,27H,11-13H2,1H3,(H,21,25). The lowest BCUT2D eigenvalue weighted by Gasteiger charge is -2.03. The first kappa shape index (κ1) is 18.3. The summed E-state index contributed by atoms with van der Waals surface area (Å²) in [6, 6.07) is 16.8. The topological polar surface area (TPSA) is 96.0 Å². The van der Waals surface area contributed by atoms with Crippen molar-refractivity contribution in [3.63, 3.8) is 0 Å². The molecule has 1 aromatic heterocycles. The van der Waals surface area contributed by atoms with Gasteiger partial charge in [0.15, 0.2) is 5.69 Å². The van der Waals surface area contributed by atoms with Gasteiger partial charge in [-0.1, -0.05) is 48.5 Å². The Bertz CT molecular complexity index is 993. The minimum atomic E-state index is -0.516. The Labute approximate surface area is 156 Å². The molecule has 3 aromatic rings. The second-order valence-electron chi connectivity index (χ2n) is 6.10. The number of nitrogens with one attached hydrogen (secondary N) is 1. The smallest absolute Gasteiger partial charge is 0.265 e. The molecule has 1 heterocycles. The van der Waals surface area contributed by atoms with Gasteiger partial charge in [0.1, 0.15) is 0 Å². The maximum Gasteiger partial charge on any atom is 0.265 e. The number of aromatic hydroxyl groups is 1. The quantitative estimate of drug-likeness (QED) is 0.654. The zero-order valence-corrected chi connectivity index (χ0v) is 14.9. The average molecular weight is 364 g/mol. The first-order valence-electron chi connectivity index (χ1n) is 8.58. The molecule has 0 aliphatic carbocycles. The van der Waals surface area contributed by atoms with Crippen molar-refractivity contribution >= 4 is 28.4 Å². The van der Waals surface area contributed by atoms with Gasteiger partial charge in [-0.15, -0.1) is 10.2 Å². The van der Waals surface area contributed by atoms with E-state index in [9.17, 15) is 14.7 Å². The fourth-order valence-electron chi connectivity index (χ4n) is 2.72. The normalized spacial score (nSPS) is 11.1. The Morgan fingerprint density at radius 2 is 1.74 bits per heavy atom. The van der Waals surface area contributed by atoms with E-state index < -0.39 is 5.91 Å². The highest BCUT2D eigenvalue weighted by Gasteiger charge is 2.14. The van der Waals surface area contributed by atoms with Crippen molar-refractivity contribution in [2.24, 2.45) is 17.3 Å². The predicted octanol–water partition coefficient (Wildman–Crippen LogP) is 3.59. The summed E-state index contributed by atoms with van der Waals surface area (Å²) in [5.74, 6) is -0.805. The molecule has 0 aliphatic heterocycles. The fraction of sp³-hybridized carbons (Fsp3) is 0.200. The predicted molar refractivity (Wildman–Crippen MR) is 102 cm³/mol. The molecule has 0 saturated heterocycles. The van der Waals surface area contributed by atoms with Crippen molar-refractivity contribution in [1.29, 1.82) is 0 Å². The molecular formula is C20H20N4O3. The Hall–Kier alpha value is -3.48. The van der Waals surface area contributed by atoms with Crippen LogP contribution in [0.1, 0.15) is 18.4 Å². The number of nitrogens with zero attached hydrogens (tertiary/aromatic N) is 3. The second kappa shape index (κ2) is 8.27. The van der Waals surface area contributed by atoms with E-state index in [1.807, 2.05) is 48.5 Å². The van der Waals surface area contributed by atoms with Gasteiger partial charge in [0.05, 0.1) is 5.52 Å². The summed E-state index contributed by atoms with van der Waals surface area (Å²) in [5, 5.41) is 21.2. The van der Waals surface area contributed by atoms with E-state index in [4.69, 9.17) is 0 Å². The van der Waals surface area contributed by atoms with Crippen LogP contribution in [0.15, 0.2) is 64.8 Å². The van der Waals surface area contributed by atoms with Gasteiger partial charge in [0.25, 0.3) is 5.91 Å². The molecule has 0 radical (unpaired) electrons. The van der Waals surface area contributed by atoms with Gasteiger partial charge in [-0.2, -0.15) is 0 Å². The minimum Gasteiger partial charge on any atom is -0.493 e. The molecule has 27 heavy (non-hydrogen) atoms. The van der Waals surface area contributed by atoms with E-state index in [1.165, 1.54) is 0 Å². The molecule has 0 fully saturated rings. The van der Waals surface area contributed by atoms with Crippen molar-refractivity contribution in [2.45, 2.75) is 19.4 Å². The van der Waals surface area contributed by atoms with Crippen LogP contribution in [0.4, 0.5) is 5.69 Å². The molecule has 0 spiro atoms. The molecule has 7 nitrogen and oxygen atoms in total. The molecule has 2 N–H and O–H groups in total. The minimum absolute atomic E-state index is 0.0339. The monoisotopic (exact) mass is 364 g/mol. The summed E-state index contributed by atoms with van der Waals surface area (Å²) in [7, 11) is 1.70. The first-order chi connectivity index (χ1) is 13.1. The van der Waals surface area contributed by atoms with Crippen LogP contribution < -0.4 is 5.32 Å². The van der Waals surface area contributed by atoms with E-state index in [-0.39, 0.29) is 30.3 Å². The second-order valence-corrected chi connectivity index (χ2v) is 6.10. The van der Waals surface area contributed by atoms with Gasteiger partial charge in [0, 0.05) is 31.8 Å². The number of carbonyl (C=O) groups is 2. The molecule has 2 aromatic carbocycles. The van der Waals surface area contributed by atoms with Crippen molar-refractivity contribution in [3.05, 3.63) is 60.2 Å². The number of para-hydroxylation sites is 1.